The first kappa shape index (κ1) is 11.4. The van der Waals surface area contributed by atoms with Gasteiger partial charge in [0.1, 0.15) is 0 Å². The van der Waals surface area contributed by atoms with Crippen molar-refractivity contribution in [3.05, 3.63) is 59.8 Å². The molecule has 0 saturated carbocycles. The fraction of sp³-hybridized carbons (Fsp3) is 0.111. The molecule has 2 heteroatoms. The fourth-order valence-electron chi connectivity index (χ4n) is 2.75. The molecule has 0 aliphatic heterocycles. The summed E-state index contributed by atoms with van der Waals surface area (Å²) in [6.07, 6.45) is 2.05. The number of aromatic amines is 2. The number of aromatic nitrogens is 2. The maximum absolute atomic E-state index is 3.47. The minimum atomic E-state index is 1.04. The van der Waals surface area contributed by atoms with Gasteiger partial charge in [-0.3, -0.25) is 0 Å². The summed E-state index contributed by atoms with van der Waals surface area (Å²) in [5.41, 5.74) is 7.05. The molecule has 4 aromatic rings. The van der Waals surface area contributed by atoms with Crippen molar-refractivity contribution in [1.29, 1.82) is 0 Å². The predicted octanol–water partition coefficient (Wildman–Crippen LogP) is 4.73. The minimum absolute atomic E-state index is 1.04. The number of benzene rings is 2. The largest absolute Gasteiger partial charge is 0.360 e. The summed E-state index contributed by atoms with van der Waals surface area (Å²) in [4.78, 5) is 6.80. The molecule has 20 heavy (non-hydrogen) atoms. The van der Waals surface area contributed by atoms with Crippen molar-refractivity contribution < 1.29 is 0 Å². The third kappa shape index (κ3) is 1.65. The Kier molecular flexibility index (Phi) is 2.27. The zero-order chi connectivity index (χ0) is 13.7. The van der Waals surface area contributed by atoms with Crippen LogP contribution in [0.15, 0.2) is 42.6 Å². The molecule has 0 bridgehead atoms. The van der Waals surface area contributed by atoms with Crippen LogP contribution in [0.1, 0.15) is 11.1 Å². The van der Waals surface area contributed by atoms with Crippen LogP contribution in [0.4, 0.5) is 0 Å². The molecular weight excluding hydrogens is 244 g/mol. The second kappa shape index (κ2) is 4.01. The lowest BCUT2D eigenvalue weighted by Crippen LogP contribution is -1.76. The Bertz CT molecular complexity index is 925. The van der Waals surface area contributed by atoms with Crippen LogP contribution in [0.5, 0.6) is 0 Å². The molecule has 2 aromatic heterocycles. The van der Waals surface area contributed by atoms with Crippen molar-refractivity contribution >= 4 is 21.8 Å². The first-order chi connectivity index (χ1) is 9.70. The van der Waals surface area contributed by atoms with E-state index >= 15 is 0 Å². The Morgan fingerprint density at radius 1 is 0.900 bits per heavy atom. The summed E-state index contributed by atoms with van der Waals surface area (Å²) < 4.78 is 0. The molecule has 2 aromatic carbocycles. The number of H-pyrrole nitrogens is 2. The number of nitrogens with one attached hydrogen (secondary N) is 2. The number of hydrogen-bond acceptors (Lipinski definition) is 0. The standard InChI is InChI=1S/C18H15N2/c1-11-4-6-16-14(7-11)15(10-19-16)18-9-13-5-3-12(2)8-17(13)20-18/h3-8,10,19-20H,1-2H3. The zero-order valence-corrected chi connectivity index (χ0v) is 11.5. The van der Waals surface area contributed by atoms with E-state index in [0.29, 0.717) is 0 Å². The summed E-state index contributed by atoms with van der Waals surface area (Å²) in [5.74, 6) is 0. The van der Waals surface area contributed by atoms with E-state index in [1.54, 1.807) is 0 Å². The van der Waals surface area contributed by atoms with E-state index in [0.717, 1.165) is 22.1 Å². The summed E-state index contributed by atoms with van der Waals surface area (Å²) in [6.45, 7) is 4.23. The number of fused-ring (bicyclic) bond motifs is 2. The van der Waals surface area contributed by atoms with Gasteiger partial charge in [-0.2, -0.15) is 0 Å². The van der Waals surface area contributed by atoms with Crippen LogP contribution in [0.25, 0.3) is 33.1 Å². The van der Waals surface area contributed by atoms with Gasteiger partial charge in [0.25, 0.3) is 0 Å². The van der Waals surface area contributed by atoms with Crippen molar-refractivity contribution in [3.63, 3.8) is 0 Å². The summed E-state index contributed by atoms with van der Waals surface area (Å²) in [6, 6.07) is 16.3. The van der Waals surface area contributed by atoms with Gasteiger partial charge in [-0.25, -0.2) is 0 Å². The van der Waals surface area contributed by atoms with Crippen LogP contribution in [0, 0.1) is 19.9 Å². The van der Waals surface area contributed by atoms with Crippen molar-refractivity contribution in [2.45, 2.75) is 13.8 Å². The number of hydrogen-bond donors (Lipinski definition) is 2. The van der Waals surface area contributed by atoms with E-state index in [-0.39, 0.29) is 0 Å². The van der Waals surface area contributed by atoms with Crippen LogP contribution in [0.3, 0.4) is 0 Å². The molecule has 2 heterocycles. The normalized spacial score (nSPS) is 11.5. The van der Waals surface area contributed by atoms with Crippen molar-refractivity contribution in [3.8, 4) is 11.3 Å². The van der Waals surface area contributed by atoms with Gasteiger partial charge in [-0.1, -0.05) is 23.8 Å². The van der Waals surface area contributed by atoms with Gasteiger partial charge < -0.3 is 9.97 Å². The van der Waals surface area contributed by atoms with Crippen LogP contribution < -0.4 is 0 Å². The highest BCUT2D eigenvalue weighted by Crippen LogP contribution is 2.30. The van der Waals surface area contributed by atoms with Crippen LogP contribution in [-0.4, -0.2) is 9.97 Å². The van der Waals surface area contributed by atoms with E-state index in [1.807, 2.05) is 0 Å². The molecule has 0 aliphatic rings. The van der Waals surface area contributed by atoms with Gasteiger partial charge in [0.15, 0.2) is 0 Å². The average Bonchev–Trinajstić information content (AvgIpc) is 3.00. The van der Waals surface area contributed by atoms with E-state index < -0.39 is 0 Å². The monoisotopic (exact) mass is 259 g/mol. The highest BCUT2D eigenvalue weighted by Gasteiger charge is 2.09. The van der Waals surface area contributed by atoms with Crippen LogP contribution in [0.2, 0.25) is 0 Å². The second-order valence-electron chi connectivity index (χ2n) is 5.43. The molecule has 0 fully saturated rings. The third-order valence-corrected chi connectivity index (χ3v) is 3.80. The molecule has 97 valence electrons. The Morgan fingerprint density at radius 3 is 2.60 bits per heavy atom. The highest BCUT2D eigenvalue weighted by atomic mass is 14.7. The van der Waals surface area contributed by atoms with Gasteiger partial charge >= 0.3 is 0 Å². The summed E-state index contributed by atoms with van der Waals surface area (Å²) in [5, 5.41) is 2.37. The van der Waals surface area contributed by atoms with Crippen molar-refractivity contribution in [2.24, 2.45) is 0 Å². The van der Waals surface area contributed by atoms with E-state index in [4.69, 9.17) is 0 Å². The topological polar surface area (TPSA) is 31.6 Å². The molecular formula is C18H15N2. The lowest BCUT2D eigenvalue weighted by molar-refractivity contribution is 1.42. The SMILES string of the molecule is Cc1ccc2[c]c(-c3c[nH]c4ccc(C)cc34)[nH]c2c1. The Morgan fingerprint density at radius 2 is 1.70 bits per heavy atom. The smallest absolute Gasteiger partial charge is 0.0567 e. The molecule has 2 N–H and O–H groups in total. The van der Waals surface area contributed by atoms with Crippen molar-refractivity contribution in [1.82, 2.24) is 9.97 Å². The van der Waals surface area contributed by atoms with Crippen molar-refractivity contribution in [2.75, 3.05) is 0 Å². The molecule has 0 amide bonds. The minimum Gasteiger partial charge on any atom is -0.360 e. The number of aryl methyl sites for hydroxylation is 2. The summed E-state index contributed by atoms with van der Waals surface area (Å²) in [7, 11) is 0. The lowest BCUT2D eigenvalue weighted by atomic mass is 10.1. The van der Waals surface area contributed by atoms with Crippen LogP contribution in [-0.2, 0) is 0 Å². The van der Waals surface area contributed by atoms with Gasteiger partial charge in [0.2, 0.25) is 0 Å². The molecule has 0 saturated heterocycles. The predicted molar refractivity (Wildman–Crippen MR) is 83.9 cm³/mol. The second-order valence-corrected chi connectivity index (χ2v) is 5.43. The van der Waals surface area contributed by atoms with Gasteiger partial charge in [-0.15, -0.1) is 0 Å². The first-order valence-electron chi connectivity index (χ1n) is 6.80. The van der Waals surface area contributed by atoms with Gasteiger partial charge in [-0.05, 0) is 37.6 Å². The Balaban J connectivity index is 1.98. The fourth-order valence-corrected chi connectivity index (χ4v) is 2.75. The maximum Gasteiger partial charge on any atom is 0.0567 e. The van der Waals surface area contributed by atoms with E-state index in [2.05, 4.69) is 72.5 Å². The first-order valence-corrected chi connectivity index (χ1v) is 6.80. The molecule has 0 unspecified atom stereocenters. The zero-order valence-electron chi connectivity index (χ0n) is 11.5. The molecule has 2 nitrogen and oxygen atoms in total. The van der Waals surface area contributed by atoms with Crippen LogP contribution >= 0.6 is 0 Å². The third-order valence-electron chi connectivity index (χ3n) is 3.80. The average molecular weight is 259 g/mol. The molecule has 1 radical (unpaired) electrons. The maximum atomic E-state index is 3.47. The highest BCUT2D eigenvalue weighted by molar-refractivity contribution is 5.97. The quantitative estimate of drug-likeness (QED) is 0.495. The molecule has 0 aliphatic carbocycles. The summed E-state index contributed by atoms with van der Waals surface area (Å²) >= 11 is 0. The molecule has 4 rings (SSSR count). The molecule has 0 atom stereocenters. The lowest BCUT2D eigenvalue weighted by Gasteiger charge is -1.97. The van der Waals surface area contributed by atoms with E-state index in [9.17, 15) is 0 Å². The molecule has 0 spiro atoms. The van der Waals surface area contributed by atoms with Gasteiger partial charge in [0.05, 0.1) is 5.69 Å². The van der Waals surface area contributed by atoms with E-state index in [1.165, 1.54) is 22.1 Å². The Labute approximate surface area is 117 Å². The number of rotatable bonds is 1. The van der Waals surface area contributed by atoms with Gasteiger partial charge in [0, 0.05) is 39.6 Å². The Hall–Kier alpha value is -2.48.